The van der Waals surface area contributed by atoms with Crippen molar-refractivity contribution in [3.05, 3.63) is 64.2 Å². The lowest BCUT2D eigenvalue weighted by Crippen LogP contribution is -2.24. The molecule has 0 saturated heterocycles. The lowest BCUT2D eigenvalue weighted by molar-refractivity contribution is 0.273. The van der Waals surface area contributed by atoms with Crippen molar-refractivity contribution in [2.45, 2.75) is 19.9 Å². The summed E-state index contributed by atoms with van der Waals surface area (Å²) in [6, 6.07) is 14.2. The van der Waals surface area contributed by atoms with Gasteiger partial charge in [0.2, 0.25) is 0 Å². The number of nitrogens with one attached hydrogen (secondary N) is 1. The van der Waals surface area contributed by atoms with E-state index in [9.17, 15) is 0 Å². The Hall–Kier alpha value is -1.51. The van der Waals surface area contributed by atoms with Crippen molar-refractivity contribution < 1.29 is 4.74 Å². The second-order valence-electron chi connectivity index (χ2n) is 4.94. The van der Waals surface area contributed by atoms with Crippen LogP contribution in [0.4, 0.5) is 0 Å². The molecule has 0 amide bonds. The van der Waals surface area contributed by atoms with Crippen LogP contribution in [0.5, 0.6) is 5.75 Å². The van der Waals surface area contributed by atoms with E-state index in [1.165, 1.54) is 16.7 Å². The van der Waals surface area contributed by atoms with Gasteiger partial charge in [-0.25, -0.2) is 0 Å². The summed E-state index contributed by atoms with van der Waals surface area (Å²) >= 11 is 6.10. The molecule has 3 heteroatoms. The Morgan fingerprint density at radius 1 is 1.15 bits per heavy atom. The third-order valence-corrected chi connectivity index (χ3v) is 3.70. The summed E-state index contributed by atoms with van der Waals surface area (Å²) in [5.41, 5.74) is 3.80. The first-order valence-corrected chi connectivity index (χ1v) is 7.11. The monoisotopic (exact) mass is 289 g/mol. The van der Waals surface area contributed by atoms with Crippen LogP contribution in [0.1, 0.15) is 22.7 Å². The van der Waals surface area contributed by atoms with E-state index in [1.807, 2.05) is 31.3 Å². The zero-order chi connectivity index (χ0) is 14.5. The molecule has 1 unspecified atom stereocenters. The van der Waals surface area contributed by atoms with Gasteiger partial charge >= 0.3 is 0 Å². The van der Waals surface area contributed by atoms with Gasteiger partial charge in [0.05, 0.1) is 11.1 Å². The molecule has 0 aliphatic heterocycles. The van der Waals surface area contributed by atoms with Gasteiger partial charge in [-0.05, 0) is 44.2 Å². The number of aryl methyl sites for hydroxylation is 2. The molecule has 0 heterocycles. The molecule has 20 heavy (non-hydrogen) atoms. The van der Waals surface area contributed by atoms with Gasteiger partial charge in [0.1, 0.15) is 12.4 Å². The number of benzene rings is 2. The highest BCUT2D eigenvalue weighted by molar-refractivity contribution is 6.32. The first-order valence-electron chi connectivity index (χ1n) is 6.73. The molecule has 2 nitrogen and oxygen atoms in total. The summed E-state index contributed by atoms with van der Waals surface area (Å²) in [6.45, 7) is 4.78. The van der Waals surface area contributed by atoms with E-state index in [0.717, 1.165) is 5.75 Å². The normalized spacial score (nSPS) is 12.2. The first kappa shape index (κ1) is 14.9. The Balaban J connectivity index is 2.11. The number of hydrogen-bond acceptors (Lipinski definition) is 2. The molecule has 0 spiro atoms. The number of rotatable bonds is 5. The molecule has 2 aromatic carbocycles. The van der Waals surface area contributed by atoms with Gasteiger partial charge in [-0.2, -0.15) is 0 Å². The van der Waals surface area contributed by atoms with Crippen LogP contribution in [0.2, 0.25) is 5.02 Å². The standard InChI is InChI=1S/C17H20ClNO/c1-12-8-9-14(13(2)10-12)16(19-3)11-20-17-7-5-4-6-15(17)18/h4-10,16,19H,11H2,1-3H3. The number of hydrogen-bond donors (Lipinski definition) is 1. The number of para-hydroxylation sites is 1. The summed E-state index contributed by atoms with van der Waals surface area (Å²) in [5.74, 6) is 0.721. The van der Waals surface area contributed by atoms with E-state index >= 15 is 0 Å². The molecule has 2 aromatic rings. The van der Waals surface area contributed by atoms with Crippen LogP contribution in [0.15, 0.2) is 42.5 Å². The minimum atomic E-state index is 0.145. The maximum absolute atomic E-state index is 6.10. The second-order valence-corrected chi connectivity index (χ2v) is 5.35. The first-order chi connectivity index (χ1) is 9.61. The van der Waals surface area contributed by atoms with Gasteiger partial charge in [0.25, 0.3) is 0 Å². The average Bonchev–Trinajstić information content (AvgIpc) is 2.43. The molecule has 0 aromatic heterocycles. The molecule has 0 fully saturated rings. The number of ether oxygens (including phenoxy) is 1. The fourth-order valence-electron chi connectivity index (χ4n) is 2.28. The molecule has 2 rings (SSSR count). The van der Waals surface area contributed by atoms with Crippen molar-refractivity contribution in [3.8, 4) is 5.75 Å². The summed E-state index contributed by atoms with van der Waals surface area (Å²) in [5, 5.41) is 3.94. The molecule has 0 saturated carbocycles. The molecular formula is C17H20ClNO. The maximum Gasteiger partial charge on any atom is 0.137 e. The van der Waals surface area contributed by atoms with E-state index in [-0.39, 0.29) is 6.04 Å². The van der Waals surface area contributed by atoms with Crippen LogP contribution in [0.25, 0.3) is 0 Å². The fraction of sp³-hybridized carbons (Fsp3) is 0.294. The third kappa shape index (κ3) is 3.53. The number of halogens is 1. The molecule has 106 valence electrons. The Morgan fingerprint density at radius 3 is 2.55 bits per heavy atom. The lowest BCUT2D eigenvalue weighted by Gasteiger charge is -2.20. The summed E-state index contributed by atoms with van der Waals surface area (Å²) < 4.78 is 5.84. The highest BCUT2D eigenvalue weighted by Crippen LogP contribution is 2.25. The lowest BCUT2D eigenvalue weighted by atomic mass is 10.00. The van der Waals surface area contributed by atoms with Crippen molar-refractivity contribution in [3.63, 3.8) is 0 Å². The molecule has 0 aliphatic rings. The van der Waals surface area contributed by atoms with Gasteiger partial charge < -0.3 is 10.1 Å². The van der Waals surface area contributed by atoms with Crippen LogP contribution >= 0.6 is 11.6 Å². The largest absolute Gasteiger partial charge is 0.490 e. The van der Waals surface area contributed by atoms with Gasteiger partial charge in [-0.15, -0.1) is 0 Å². The molecule has 0 radical (unpaired) electrons. The van der Waals surface area contributed by atoms with E-state index in [0.29, 0.717) is 11.6 Å². The maximum atomic E-state index is 6.10. The van der Waals surface area contributed by atoms with E-state index < -0.39 is 0 Å². The number of likely N-dealkylation sites (N-methyl/N-ethyl adjacent to an activating group) is 1. The molecule has 0 bridgehead atoms. The predicted octanol–water partition coefficient (Wildman–Crippen LogP) is 4.30. The van der Waals surface area contributed by atoms with Gasteiger partial charge in [0, 0.05) is 0 Å². The quantitative estimate of drug-likeness (QED) is 0.886. The SMILES string of the molecule is CNC(COc1ccccc1Cl)c1ccc(C)cc1C. The Morgan fingerprint density at radius 2 is 1.90 bits per heavy atom. The molecular weight excluding hydrogens is 270 g/mol. The van der Waals surface area contributed by atoms with Crippen molar-refractivity contribution in [2.75, 3.05) is 13.7 Å². The smallest absolute Gasteiger partial charge is 0.137 e. The van der Waals surface area contributed by atoms with Gasteiger partial charge in [0.15, 0.2) is 0 Å². The van der Waals surface area contributed by atoms with Crippen LogP contribution in [0.3, 0.4) is 0 Å². The van der Waals surface area contributed by atoms with Gasteiger partial charge in [-0.1, -0.05) is 47.5 Å². The summed E-state index contributed by atoms with van der Waals surface area (Å²) in [7, 11) is 1.94. The van der Waals surface area contributed by atoms with Crippen molar-refractivity contribution in [2.24, 2.45) is 0 Å². The van der Waals surface area contributed by atoms with Crippen LogP contribution in [-0.4, -0.2) is 13.7 Å². The minimum Gasteiger partial charge on any atom is -0.490 e. The average molecular weight is 290 g/mol. The minimum absolute atomic E-state index is 0.145. The van der Waals surface area contributed by atoms with Crippen molar-refractivity contribution >= 4 is 11.6 Å². The van der Waals surface area contributed by atoms with E-state index in [1.54, 1.807) is 0 Å². The van der Waals surface area contributed by atoms with E-state index in [4.69, 9.17) is 16.3 Å². The highest BCUT2D eigenvalue weighted by Gasteiger charge is 2.13. The summed E-state index contributed by atoms with van der Waals surface area (Å²) in [6.07, 6.45) is 0. The Kier molecular flexibility index (Phi) is 5.05. The zero-order valence-electron chi connectivity index (χ0n) is 12.1. The van der Waals surface area contributed by atoms with Crippen molar-refractivity contribution in [1.29, 1.82) is 0 Å². The van der Waals surface area contributed by atoms with Crippen LogP contribution < -0.4 is 10.1 Å². The highest BCUT2D eigenvalue weighted by atomic mass is 35.5. The van der Waals surface area contributed by atoms with Crippen molar-refractivity contribution in [1.82, 2.24) is 5.32 Å². The van der Waals surface area contributed by atoms with E-state index in [2.05, 4.69) is 37.4 Å². The topological polar surface area (TPSA) is 21.3 Å². The fourth-order valence-corrected chi connectivity index (χ4v) is 2.47. The molecule has 1 atom stereocenters. The second kappa shape index (κ2) is 6.78. The third-order valence-electron chi connectivity index (χ3n) is 3.39. The zero-order valence-corrected chi connectivity index (χ0v) is 12.9. The van der Waals surface area contributed by atoms with Crippen LogP contribution in [0, 0.1) is 13.8 Å². The summed E-state index contributed by atoms with van der Waals surface area (Å²) in [4.78, 5) is 0. The Labute approximate surface area is 125 Å². The van der Waals surface area contributed by atoms with Gasteiger partial charge in [-0.3, -0.25) is 0 Å². The molecule has 0 aliphatic carbocycles. The predicted molar refractivity (Wildman–Crippen MR) is 84.7 cm³/mol. The molecule has 1 N–H and O–H groups in total. The van der Waals surface area contributed by atoms with Crippen LogP contribution in [-0.2, 0) is 0 Å². The Bertz CT molecular complexity index is 583.